The van der Waals surface area contributed by atoms with Gasteiger partial charge >= 0.3 is 0 Å². The van der Waals surface area contributed by atoms with Crippen LogP contribution in [0.15, 0.2) is 71.5 Å². The molecule has 0 aliphatic carbocycles. The highest BCUT2D eigenvalue weighted by atomic mass is 79.9. The summed E-state index contributed by atoms with van der Waals surface area (Å²) in [6.07, 6.45) is 3.87. The van der Waals surface area contributed by atoms with Gasteiger partial charge in [-0.15, -0.1) is 0 Å². The Kier molecular flexibility index (Phi) is 4.36. The normalized spacial score (nSPS) is 10.5. The van der Waals surface area contributed by atoms with Crippen LogP contribution in [0.4, 0.5) is 5.69 Å². The molecule has 0 amide bonds. The van der Waals surface area contributed by atoms with Gasteiger partial charge in [-0.05, 0) is 29.8 Å². The van der Waals surface area contributed by atoms with Gasteiger partial charge in [0.05, 0.1) is 6.54 Å². The summed E-state index contributed by atoms with van der Waals surface area (Å²) in [6, 6.07) is 18.6. The van der Waals surface area contributed by atoms with Crippen molar-refractivity contribution >= 4 is 21.6 Å². The number of nitrogens with one attached hydrogen (secondary N) is 1. The van der Waals surface area contributed by atoms with Gasteiger partial charge in [0.15, 0.2) is 0 Å². The third kappa shape index (κ3) is 3.73. The molecule has 3 aromatic rings. The van der Waals surface area contributed by atoms with Crippen molar-refractivity contribution in [2.75, 3.05) is 5.32 Å². The fourth-order valence-corrected chi connectivity index (χ4v) is 2.44. The second kappa shape index (κ2) is 6.59. The maximum atomic E-state index is 4.44. The molecule has 0 aliphatic heterocycles. The van der Waals surface area contributed by atoms with E-state index in [2.05, 4.69) is 67.2 Å². The minimum Gasteiger partial charge on any atom is -0.378 e. The summed E-state index contributed by atoms with van der Waals surface area (Å²) < 4.78 is 3.25. The van der Waals surface area contributed by atoms with Gasteiger partial charge in [-0.2, -0.15) is 0 Å². The van der Waals surface area contributed by atoms with Crippen LogP contribution in [0, 0.1) is 0 Å². The van der Waals surface area contributed by atoms with E-state index in [0.717, 1.165) is 22.5 Å². The van der Waals surface area contributed by atoms with Crippen LogP contribution in [0.3, 0.4) is 0 Å². The molecule has 1 N–H and O–H groups in total. The van der Waals surface area contributed by atoms with Crippen LogP contribution in [0.5, 0.6) is 0 Å². The largest absolute Gasteiger partial charge is 0.378 e. The lowest BCUT2D eigenvalue weighted by atomic mass is 10.2. The number of anilines is 1. The smallest absolute Gasteiger partial charge is 0.128 e. The molecule has 0 radical (unpaired) electrons. The minimum atomic E-state index is 0.710. The molecule has 21 heavy (non-hydrogen) atoms. The van der Waals surface area contributed by atoms with Crippen LogP contribution in [-0.2, 0) is 13.1 Å². The monoisotopic (exact) mass is 341 g/mol. The Labute approximate surface area is 132 Å². The first-order chi connectivity index (χ1) is 10.3. The second-order valence-corrected chi connectivity index (χ2v) is 5.73. The summed E-state index contributed by atoms with van der Waals surface area (Å²) in [5.74, 6) is 1.03. The Morgan fingerprint density at radius 3 is 2.52 bits per heavy atom. The van der Waals surface area contributed by atoms with Crippen LogP contribution >= 0.6 is 15.9 Å². The molecule has 1 heterocycles. The number of halogens is 1. The first-order valence-electron chi connectivity index (χ1n) is 6.84. The number of benzene rings is 2. The van der Waals surface area contributed by atoms with E-state index in [1.165, 1.54) is 5.56 Å². The molecule has 0 bridgehead atoms. The molecule has 0 unspecified atom stereocenters. The van der Waals surface area contributed by atoms with E-state index in [4.69, 9.17) is 0 Å². The molecule has 0 saturated carbocycles. The average molecular weight is 342 g/mol. The molecule has 1 aromatic heterocycles. The third-order valence-corrected chi connectivity index (χ3v) is 3.82. The molecule has 0 atom stereocenters. The van der Waals surface area contributed by atoms with Gasteiger partial charge < -0.3 is 9.88 Å². The summed E-state index contributed by atoms with van der Waals surface area (Å²) in [7, 11) is 0. The van der Waals surface area contributed by atoms with E-state index < -0.39 is 0 Å². The highest BCUT2D eigenvalue weighted by molar-refractivity contribution is 9.10. The summed E-state index contributed by atoms with van der Waals surface area (Å²) in [4.78, 5) is 4.44. The summed E-state index contributed by atoms with van der Waals surface area (Å²) in [5.41, 5.74) is 2.37. The SMILES string of the molecule is Brc1ccc(NCc2nccn2Cc2ccccc2)cc1. The van der Waals surface area contributed by atoms with Crippen molar-refractivity contribution in [1.82, 2.24) is 9.55 Å². The van der Waals surface area contributed by atoms with Gasteiger partial charge in [0.1, 0.15) is 5.82 Å². The molecule has 0 spiro atoms. The van der Waals surface area contributed by atoms with E-state index in [0.29, 0.717) is 6.54 Å². The highest BCUT2D eigenvalue weighted by Crippen LogP contribution is 2.15. The Morgan fingerprint density at radius 1 is 1.00 bits per heavy atom. The molecule has 106 valence electrons. The number of aromatic nitrogens is 2. The van der Waals surface area contributed by atoms with E-state index in [9.17, 15) is 0 Å². The van der Waals surface area contributed by atoms with Crippen molar-refractivity contribution in [3.8, 4) is 0 Å². The fourth-order valence-electron chi connectivity index (χ4n) is 2.18. The number of hydrogen-bond donors (Lipinski definition) is 1. The van der Waals surface area contributed by atoms with E-state index in [1.54, 1.807) is 0 Å². The number of nitrogens with zero attached hydrogens (tertiary/aromatic N) is 2. The lowest BCUT2D eigenvalue weighted by molar-refractivity contribution is 0.735. The maximum Gasteiger partial charge on any atom is 0.128 e. The third-order valence-electron chi connectivity index (χ3n) is 3.29. The van der Waals surface area contributed by atoms with E-state index >= 15 is 0 Å². The number of imidazole rings is 1. The van der Waals surface area contributed by atoms with Gasteiger partial charge in [-0.25, -0.2) is 4.98 Å². The fraction of sp³-hybridized carbons (Fsp3) is 0.118. The standard InChI is InChI=1S/C17H16BrN3/c18-15-6-8-16(9-7-15)20-12-17-19-10-11-21(17)13-14-4-2-1-3-5-14/h1-11,20H,12-13H2. The predicted octanol–water partition coefficient (Wildman–Crippen LogP) is 4.31. The zero-order valence-corrected chi connectivity index (χ0v) is 13.1. The van der Waals surface area contributed by atoms with Crippen LogP contribution < -0.4 is 5.32 Å². The first-order valence-corrected chi connectivity index (χ1v) is 7.64. The van der Waals surface area contributed by atoms with Crippen molar-refractivity contribution in [3.63, 3.8) is 0 Å². The highest BCUT2D eigenvalue weighted by Gasteiger charge is 2.03. The van der Waals surface area contributed by atoms with Gasteiger partial charge in [-0.3, -0.25) is 0 Å². The van der Waals surface area contributed by atoms with Gasteiger partial charge in [0, 0.05) is 29.1 Å². The van der Waals surface area contributed by atoms with Crippen molar-refractivity contribution in [2.45, 2.75) is 13.1 Å². The van der Waals surface area contributed by atoms with Crippen molar-refractivity contribution < 1.29 is 0 Å². The van der Waals surface area contributed by atoms with E-state index in [-0.39, 0.29) is 0 Å². The average Bonchev–Trinajstić information content (AvgIpc) is 2.95. The van der Waals surface area contributed by atoms with Gasteiger partial charge in [-0.1, -0.05) is 46.3 Å². The Bertz CT molecular complexity index is 690. The van der Waals surface area contributed by atoms with Crippen LogP contribution in [0.1, 0.15) is 11.4 Å². The Hall–Kier alpha value is -2.07. The van der Waals surface area contributed by atoms with Gasteiger partial charge in [0.25, 0.3) is 0 Å². The summed E-state index contributed by atoms with van der Waals surface area (Å²) in [5, 5.41) is 3.40. The topological polar surface area (TPSA) is 29.9 Å². The first kappa shape index (κ1) is 13.9. The Morgan fingerprint density at radius 2 is 1.76 bits per heavy atom. The minimum absolute atomic E-state index is 0.710. The molecule has 3 rings (SSSR count). The van der Waals surface area contributed by atoms with Gasteiger partial charge in [0.2, 0.25) is 0 Å². The summed E-state index contributed by atoms with van der Waals surface area (Å²) in [6.45, 7) is 1.56. The Balaban J connectivity index is 1.66. The number of hydrogen-bond acceptors (Lipinski definition) is 2. The lowest BCUT2D eigenvalue weighted by Crippen LogP contribution is -2.09. The maximum absolute atomic E-state index is 4.44. The quantitative estimate of drug-likeness (QED) is 0.749. The molecular weight excluding hydrogens is 326 g/mol. The predicted molar refractivity (Wildman–Crippen MR) is 89.2 cm³/mol. The second-order valence-electron chi connectivity index (χ2n) is 4.82. The van der Waals surface area contributed by atoms with E-state index in [1.807, 2.05) is 30.6 Å². The molecular formula is C17H16BrN3. The summed E-state index contributed by atoms with van der Waals surface area (Å²) >= 11 is 3.44. The molecule has 0 saturated heterocycles. The van der Waals surface area contributed by atoms with Crippen molar-refractivity contribution in [1.29, 1.82) is 0 Å². The molecule has 4 heteroatoms. The van der Waals surface area contributed by atoms with Crippen molar-refractivity contribution in [2.24, 2.45) is 0 Å². The molecule has 0 fully saturated rings. The van der Waals surface area contributed by atoms with Crippen LogP contribution in [-0.4, -0.2) is 9.55 Å². The van der Waals surface area contributed by atoms with Crippen molar-refractivity contribution in [3.05, 3.63) is 82.9 Å². The van der Waals surface area contributed by atoms with Crippen LogP contribution in [0.2, 0.25) is 0 Å². The zero-order chi connectivity index (χ0) is 14.5. The zero-order valence-electron chi connectivity index (χ0n) is 11.5. The number of rotatable bonds is 5. The lowest BCUT2D eigenvalue weighted by Gasteiger charge is -2.10. The van der Waals surface area contributed by atoms with Crippen LogP contribution in [0.25, 0.3) is 0 Å². The molecule has 3 nitrogen and oxygen atoms in total. The molecule has 0 aliphatic rings. The molecule has 2 aromatic carbocycles.